The van der Waals surface area contributed by atoms with Crippen LogP contribution in [0.25, 0.3) is 0 Å². The fourth-order valence-corrected chi connectivity index (χ4v) is 1.58. The van der Waals surface area contributed by atoms with Gasteiger partial charge in [-0.25, -0.2) is 0 Å². The van der Waals surface area contributed by atoms with Crippen LogP contribution in [0.5, 0.6) is 0 Å². The maximum atomic E-state index is 2.28. The molecule has 0 saturated heterocycles. The van der Waals surface area contributed by atoms with Crippen molar-refractivity contribution < 1.29 is 0 Å². The number of rotatable bonds is 0. The molecule has 46 valence electrons. The average molecular weight is 119 g/mol. The molecule has 0 amide bonds. The third kappa shape index (κ3) is 0.625. The van der Waals surface area contributed by atoms with Gasteiger partial charge in [-0.3, -0.25) is 0 Å². The second-order valence-corrected chi connectivity index (χ2v) is 2.89. The zero-order valence-electron chi connectivity index (χ0n) is 5.72. The van der Waals surface area contributed by atoms with Crippen molar-refractivity contribution in [2.45, 2.75) is 19.8 Å². The summed E-state index contributed by atoms with van der Waals surface area (Å²) in [6.07, 6.45) is 9.38. The topological polar surface area (TPSA) is 0 Å². The number of allylic oxidation sites excluding steroid dienone is 4. The second kappa shape index (κ2) is 1.66. The van der Waals surface area contributed by atoms with Crippen LogP contribution in [0.1, 0.15) is 19.8 Å². The van der Waals surface area contributed by atoms with E-state index in [9.17, 15) is 0 Å². The van der Waals surface area contributed by atoms with Crippen molar-refractivity contribution in [2.75, 3.05) is 0 Å². The monoisotopic (exact) mass is 119 g/mol. The minimum atomic E-state index is 0.735. The van der Waals surface area contributed by atoms with E-state index >= 15 is 0 Å². The zero-order valence-corrected chi connectivity index (χ0v) is 5.72. The van der Waals surface area contributed by atoms with E-state index in [2.05, 4.69) is 25.5 Å². The van der Waals surface area contributed by atoms with Crippen LogP contribution in [0.3, 0.4) is 0 Å². The summed E-state index contributed by atoms with van der Waals surface area (Å²) in [7, 11) is 0. The third-order valence-electron chi connectivity index (χ3n) is 2.32. The lowest BCUT2D eigenvalue weighted by molar-refractivity contribution is 0.672. The summed E-state index contributed by atoms with van der Waals surface area (Å²) in [5, 5.41) is 0. The Labute approximate surface area is 56.3 Å². The van der Waals surface area contributed by atoms with E-state index in [1.54, 1.807) is 11.1 Å². The lowest BCUT2D eigenvalue weighted by atomic mass is 9.76. The summed E-state index contributed by atoms with van der Waals surface area (Å²) in [4.78, 5) is 0. The smallest absolute Gasteiger partial charge is 0.0314 e. The average Bonchev–Trinajstić information content (AvgIpc) is 1.74. The number of hydrogen-bond acceptors (Lipinski definition) is 0. The molecule has 0 radical (unpaired) electrons. The van der Waals surface area contributed by atoms with Crippen LogP contribution in [0.4, 0.5) is 0 Å². The van der Waals surface area contributed by atoms with Crippen molar-refractivity contribution in [3.8, 4) is 0 Å². The van der Waals surface area contributed by atoms with Crippen LogP contribution in [0, 0.1) is 12.3 Å². The first-order valence-electron chi connectivity index (χ1n) is 3.61. The normalized spacial score (nSPS) is 31.0. The van der Waals surface area contributed by atoms with Gasteiger partial charge < -0.3 is 0 Å². The molecule has 2 aliphatic rings. The van der Waals surface area contributed by atoms with E-state index in [0.717, 1.165) is 5.92 Å². The SMILES string of the molecule is C[C@@H]1C=C[CH+]C2=C1CC2. The molecule has 1 atom stereocenters. The van der Waals surface area contributed by atoms with E-state index in [4.69, 9.17) is 0 Å². The lowest BCUT2D eigenvalue weighted by Crippen LogP contribution is -2.13. The molecule has 0 heteroatoms. The van der Waals surface area contributed by atoms with Crippen molar-refractivity contribution in [1.29, 1.82) is 0 Å². The summed E-state index contributed by atoms with van der Waals surface area (Å²) >= 11 is 0. The highest BCUT2D eigenvalue weighted by Gasteiger charge is 2.30. The van der Waals surface area contributed by atoms with Crippen LogP contribution in [0.15, 0.2) is 23.3 Å². The summed E-state index contributed by atoms with van der Waals surface area (Å²) in [6, 6.07) is 0. The van der Waals surface area contributed by atoms with Gasteiger partial charge in [0, 0.05) is 37.0 Å². The fraction of sp³-hybridized carbons (Fsp3) is 0.444. The highest BCUT2D eigenvalue weighted by molar-refractivity contribution is 5.41. The molecular weight excluding hydrogens is 108 g/mol. The maximum Gasteiger partial charge on any atom is 0.0830 e. The van der Waals surface area contributed by atoms with Crippen LogP contribution in [-0.2, 0) is 0 Å². The molecule has 0 aliphatic heterocycles. The van der Waals surface area contributed by atoms with Gasteiger partial charge in [0.25, 0.3) is 0 Å². The van der Waals surface area contributed by atoms with Crippen molar-refractivity contribution in [1.82, 2.24) is 0 Å². The van der Waals surface area contributed by atoms with E-state index in [0.29, 0.717) is 0 Å². The highest BCUT2D eigenvalue weighted by atomic mass is 14.3. The summed E-state index contributed by atoms with van der Waals surface area (Å²) in [6.45, 7) is 2.28. The van der Waals surface area contributed by atoms with Gasteiger partial charge in [-0.2, -0.15) is 0 Å². The van der Waals surface area contributed by atoms with Gasteiger partial charge in [-0.1, -0.05) is 0 Å². The predicted octanol–water partition coefficient (Wildman–Crippen LogP) is 2.49. The van der Waals surface area contributed by atoms with Gasteiger partial charge in [0.2, 0.25) is 0 Å². The van der Waals surface area contributed by atoms with Gasteiger partial charge in [0.1, 0.15) is 0 Å². The van der Waals surface area contributed by atoms with Gasteiger partial charge >= 0.3 is 0 Å². The Bertz CT molecular complexity index is 184. The summed E-state index contributed by atoms with van der Waals surface area (Å²) in [5.41, 5.74) is 3.28. The lowest BCUT2D eigenvalue weighted by Gasteiger charge is -2.21. The molecule has 0 aromatic carbocycles. The Morgan fingerprint density at radius 1 is 1.56 bits per heavy atom. The van der Waals surface area contributed by atoms with Crippen molar-refractivity contribution in [2.24, 2.45) is 5.92 Å². The largest absolute Gasteiger partial charge is 0.0830 e. The Balaban J connectivity index is 2.27. The molecule has 0 fully saturated rings. The molecule has 2 rings (SSSR count). The van der Waals surface area contributed by atoms with Crippen LogP contribution >= 0.6 is 0 Å². The molecule has 2 aliphatic carbocycles. The first-order valence-corrected chi connectivity index (χ1v) is 3.61. The van der Waals surface area contributed by atoms with Crippen molar-refractivity contribution in [3.05, 3.63) is 29.7 Å². The highest BCUT2D eigenvalue weighted by Crippen LogP contribution is 2.38. The molecule has 0 saturated carbocycles. The van der Waals surface area contributed by atoms with Crippen LogP contribution in [-0.4, -0.2) is 0 Å². The molecular formula is C9H11+. The molecule has 9 heavy (non-hydrogen) atoms. The molecule has 0 heterocycles. The van der Waals surface area contributed by atoms with Crippen LogP contribution in [0.2, 0.25) is 0 Å². The Morgan fingerprint density at radius 3 is 2.89 bits per heavy atom. The Kier molecular flexibility index (Phi) is 0.953. The van der Waals surface area contributed by atoms with E-state index < -0.39 is 0 Å². The van der Waals surface area contributed by atoms with E-state index in [-0.39, 0.29) is 0 Å². The molecule has 0 N–H and O–H groups in total. The second-order valence-electron chi connectivity index (χ2n) is 2.89. The minimum absolute atomic E-state index is 0.735. The Morgan fingerprint density at radius 2 is 2.44 bits per heavy atom. The fourth-order valence-electron chi connectivity index (χ4n) is 1.58. The predicted molar refractivity (Wildman–Crippen MR) is 38.9 cm³/mol. The summed E-state index contributed by atoms with van der Waals surface area (Å²) < 4.78 is 0. The zero-order chi connectivity index (χ0) is 6.27. The molecule has 0 aromatic rings. The molecule has 0 nitrogen and oxygen atoms in total. The Hall–Kier alpha value is -0.650. The molecule has 0 aromatic heterocycles. The van der Waals surface area contributed by atoms with E-state index in [1.807, 2.05) is 0 Å². The summed E-state index contributed by atoms with van der Waals surface area (Å²) in [5.74, 6) is 0.735. The van der Waals surface area contributed by atoms with Crippen molar-refractivity contribution in [3.63, 3.8) is 0 Å². The number of hydrogen-bond donors (Lipinski definition) is 0. The maximum absolute atomic E-state index is 2.28. The first-order chi connectivity index (χ1) is 4.38. The van der Waals surface area contributed by atoms with Crippen molar-refractivity contribution >= 4 is 0 Å². The molecule has 0 bridgehead atoms. The quantitative estimate of drug-likeness (QED) is 0.430. The standard InChI is InChI=1S/C9H11/c1-7-3-2-4-8-5-6-9(7)8/h2-4,7H,5-6H2,1H3/q+1/t7-/m1/s1. The van der Waals surface area contributed by atoms with Gasteiger partial charge in [0.05, 0.1) is 11.5 Å². The van der Waals surface area contributed by atoms with Gasteiger partial charge in [0.15, 0.2) is 0 Å². The molecule has 0 spiro atoms. The van der Waals surface area contributed by atoms with Gasteiger partial charge in [-0.05, 0) is 6.92 Å². The van der Waals surface area contributed by atoms with E-state index in [1.165, 1.54) is 12.8 Å². The van der Waals surface area contributed by atoms with Gasteiger partial charge in [-0.15, -0.1) is 0 Å². The minimum Gasteiger partial charge on any atom is -0.0314 e. The first kappa shape index (κ1) is 5.16. The van der Waals surface area contributed by atoms with Crippen LogP contribution < -0.4 is 0 Å². The third-order valence-corrected chi connectivity index (χ3v) is 2.32. The molecule has 0 unspecified atom stereocenters.